The van der Waals surface area contributed by atoms with Gasteiger partial charge >= 0.3 is 0 Å². The van der Waals surface area contributed by atoms with Gasteiger partial charge in [-0.3, -0.25) is 19.8 Å². The molecule has 0 saturated carbocycles. The van der Waals surface area contributed by atoms with Gasteiger partial charge in [0.05, 0.1) is 25.8 Å². The fraction of sp³-hybridized carbons (Fsp3) is 0.913. The van der Waals surface area contributed by atoms with Crippen molar-refractivity contribution in [2.45, 2.75) is 77.2 Å². The van der Waals surface area contributed by atoms with Crippen LogP contribution < -0.4 is 16.0 Å². The van der Waals surface area contributed by atoms with Gasteiger partial charge in [0, 0.05) is 39.3 Å². The molecule has 8 heteroatoms. The first kappa shape index (κ1) is 27.8. The van der Waals surface area contributed by atoms with E-state index in [4.69, 9.17) is 4.74 Å². The summed E-state index contributed by atoms with van der Waals surface area (Å²) in [7, 11) is 0. The van der Waals surface area contributed by atoms with Crippen LogP contribution in [0.2, 0.25) is 0 Å². The summed E-state index contributed by atoms with van der Waals surface area (Å²) in [6, 6.07) is 0. The van der Waals surface area contributed by atoms with Crippen LogP contribution in [0.5, 0.6) is 0 Å². The molecule has 1 aliphatic rings. The number of hydrogen-bond donors (Lipinski definition) is 4. The highest BCUT2D eigenvalue weighted by Gasteiger charge is 2.14. The number of ether oxygens (including phenoxy) is 1. The topological polar surface area (TPSA) is 103 Å². The summed E-state index contributed by atoms with van der Waals surface area (Å²) < 4.78 is 5.66. The molecular formula is C23H46N4O4. The van der Waals surface area contributed by atoms with Crippen molar-refractivity contribution in [1.82, 2.24) is 20.9 Å². The highest BCUT2D eigenvalue weighted by molar-refractivity contribution is 5.81. The van der Waals surface area contributed by atoms with Gasteiger partial charge in [-0.15, -0.1) is 0 Å². The van der Waals surface area contributed by atoms with Gasteiger partial charge in [0.25, 0.3) is 0 Å². The van der Waals surface area contributed by atoms with Crippen LogP contribution >= 0.6 is 0 Å². The number of carbonyl (C=O) groups is 2. The molecule has 4 N–H and O–H groups in total. The molecule has 0 aliphatic carbocycles. The summed E-state index contributed by atoms with van der Waals surface area (Å²) in [6.07, 6.45) is 12.4. The first-order valence-corrected chi connectivity index (χ1v) is 12.3. The Balaban J connectivity index is 2.07. The van der Waals surface area contributed by atoms with Gasteiger partial charge < -0.3 is 20.5 Å². The lowest BCUT2D eigenvalue weighted by molar-refractivity contribution is -0.121. The highest BCUT2D eigenvalue weighted by atomic mass is 16.5. The molecule has 0 bridgehead atoms. The van der Waals surface area contributed by atoms with Crippen LogP contribution in [0.4, 0.5) is 0 Å². The molecule has 2 amide bonds. The van der Waals surface area contributed by atoms with E-state index in [9.17, 15) is 14.7 Å². The Morgan fingerprint density at radius 2 is 1.39 bits per heavy atom. The Labute approximate surface area is 188 Å². The van der Waals surface area contributed by atoms with Crippen LogP contribution in [-0.2, 0) is 14.3 Å². The van der Waals surface area contributed by atoms with Crippen LogP contribution in [0.15, 0.2) is 0 Å². The van der Waals surface area contributed by atoms with Gasteiger partial charge in [-0.05, 0) is 6.42 Å². The molecular weight excluding hydrogens is 396 g/mol. The number of rotatable bonds is 15. The number of hydrogen-bond acceptors (Lipinski definition) is 6. The molecule has 1 unspecified atom stereocenters. The maximum Gasteiger partial charge on any atom is 0.234 e. The second-order valence-corrected chi connectivity index (χ2v) is 8.51. The summed E-state index contributed by atoms with van der Waals surface area (Å²) in [6.45, 7) is 6.24. The van der Waals surface area contributed by atoms with E-state index in [1.807, 2.05) is 4.90 Å². The molecule has 0 radical (unpaired) electrons. The number of nitrogens with zero attached hydrogens (tertiary/aromatic N) is 1. The normalized spacial score (nSPS) is 18.0. The largest absolute Gasteiger partial charge is 0.389 e. The molecule has 1 aliphatic heterocycles. The number of amides is 2. The fourth-order valence-corrected chi connectivity index (χ4v) is 3.68. The SMILES string of the molecule is CCCCCCCCCCCCOCC(O)CN1CCNC(=O)CNCC(=O)NCC1. The molecule has 1 atom stereocenters. The molecule has 0 aromatic heterocycles. The Morgan fingerprint density at radius 3 is 1.94 bits per heavy atom. The third-order valence-corrected chi connectivity index (χ3v) is 5.49. The summed E-state index contributed by atoms with van der Waals surface area (Å²) >= 11 is 0. The third kappa shape index (κ3) is 17.1. The maximum absolute atomic E-state index is 11.7. The van der Waals surface area contributed by atoms with Crippen molar-refractivity contribution in [3.63, 3.8) is 0 Å². The molecule has 0 aromatic rings. The van der Waals surface area contributed by atoms with Crippen molar-refractivity contribution in [2.24, 2.45) is 0 Å². The highest BCUT2D eigenvalue weighted by Crippen LogP contribution is 2.10. The Hall–Kier alpha value is -1.22. The van der Waals surface area contributed by atoms with Crippen LogP contribution in [-0.4, -0.2) is 87.0 Å². The minimum Gasteiger partial charge on any atom is -0.389 e. The molecule has 1 rings (SSSR count). The summed E-state index contributed by atoms with van der Waals surface area (Å²) in [5.74, 6) is -0.262. The molecule has 1 heterocycles. The maximum atomic E-state index is 11.7. The van der Waals surface area contributed by atoms with Crippen molar-refractivity contribution < 1.29 is 19.4 Å². The predicted octanol–water partition coefficient (Wildman–Crippen LogP) is 1.42. The van der Waals surface area contributed by atoms with E-state index in [0.29, 0.717) is 45.9 Å². The minimum atomic E-state index is -0.580. The van der Waals surface area contributed by atoms with E-state index in [1.165, 1.54) is 57.8 Å². The van der Waals surface area contributed by atoms with Gasteiger partial charge in [0.1, 0.15) is 0 Å². The molecule has 0 spiro atoms. The molecule has 1 saturated heterocycles. The van der Waals surface area contributed by atoms with Gasteiger partial charge in [-0.1, -0.05) is 64.7 Å². The van der Waals surface area contributed by atoms with E-state index in [-0.39, 0.29) is 24.9 Å². The van der Waals surface area contributed by atoms with Crippen molar-refractivity contribution in [3.8, 4) is 0 Å². The number of β-amino-alcohol motifs (C(OH)–C–C–N with tert-alkyl or cyclic N) is 1. The number of nitrogens with one attached hydrogen (secondary N) is 3. The van der Waals surface area contributed by atoms with Crippen LogP contribution in [0.1, 0.15) is 71.1 Å². The molecule has 1 fully saturated rings. The lowest BCUT2D eigenvalue weighted by Crippen LogP contribution is -2.47. The first-order chi connectivity index (χ1) is 15.1. The number of unbranched alkanes of at least 4 members (excludes halogenated alkanes) is 9. The summed E-state index contributed by atoms with van der Waals surface area (Å²) in [4.78, 5) is 25.4. The minimum absolute atomic E-state index is 0.128. The Morgan fingerprint density at radius 1 is 0.871 bits per heavy atom. The van der Waals surface area contributed by atoms with E-state index in [2.05, 4.69) is 22.9 Å². The number of aliphatic hydroxyl groups is 1. The number of carbonyl (C=O) groups excluding carboxylic acids is 2. The van der Waals surface area contributed by atoms with E-state index in [0.717, 1.165) is 6.42 Å². The van der Waals surface area contributed by atoms with E-state index in [1.54, 1.807) is 0 Å². The summed E-state index contributed by atoms with van der Waals surface area (Å²) in [5, 5.41) is 18.8. The van der Waals surface area contributed by atoms with Crippen LogP contribution in [0.25, 0.3) is 0 Å². The molecule has 182 valence electrons. The van der Waals surface area contributed by atoms with Gasteiger partial charge in [0.2, 0.25) is 11.8 Å². The third-order valence-electron chi connectivity index (χ3n) is 5.49. The zero-order valence-electron chi connectivity index (χ0n) is 19.6. The second kappa shape index (κ2) is 19.5. The van der Waals surface area contributed by atoms with Crippen molar-refractivity contribution in [2.75, 3.05) is 59.0 Å². The molecule has 0 aromatic carbocycles. The van der Waals surface area contributed by atoms with Crippen LogP contribution in [0, 0.1) is 0 Å². The number of aliphatic hydroxyl groups excluding tert-OH is 1. The van der Waals surface area contributed by atoms with E-state index < -0.39 is 6.10 Å². The fourth-order valence-electron chi connectivity index (χ4n) is 3.68. The van der Waals surface area contributed by atoms with Crippen molar-refractivity contribution in [3.05, 3.63) is 0 Å². The Bertz CT molecular complexity index is 443. The second-order valence-electron chi connectivity index (χ2n) is 8.51. The van der Waals surface area contributed by atoms with Gasteiger partial charge in [-0.25, -0.2) is 0 Å². The van der Waals surface area contributed by atoms with E-state index >= 15 is 0 Å². The Kier molecular flexibility index (Phi) is 17.5. The zero-order valence-corrected chi connectivity index (χ0v) is 19.6. The van der Waals surface area contributed by atoms with Crippen molar-refractivity contribution in [1.29, 1.82) is 0 Å². The monoisotopic (exact) mass is 442 g/mol. The van der Waals surface area contributed by atoms with Gasteiger partial charge in [0.15, 0.2) is 0 Å². The van der Waals surface area contributed by atoms with Crippen LogP contribution in [0.3, 0.4) is 0 Å². The zero-order chi connectivity index (χ0) is 22.6. The quantitative estimate of drug-likeness (QED) is 0.286. The van der Waals surface area contributed by atoms with Gasteiger partial charge in [-0.2, -0.15) is 0 Å². The predicted molar refractivity (Wildman–Crippen MR) is 124 cm³/mol. The average molecular weight is 443 g/mol. The molecule has 8 nitrogen and oxygen atoms in total. The standard InChI is InChI=1S/C23H46N4O4/c1-2-3-4-5-6-7-8-9-10-11-16-31-20-21(28)19-27-14-12-25-22(29)17-24-18-23(30)26-13-15-27/h21,24,28H,2-20H2,1H3,(H,25,29)(H,26,30). The lowest BCUT2D eigenvalue weighted by Gasteiger charge is -2.25. The lowest BCUT2D eigenvalue weighted by atomic mass is 10.1. The summed E-state index contributed by atoms with van der Waals surface area (Å²) in [5.41, 5.74) is 0. The first-order valence-electron chi connectivity index (χ1n) is 12.3. The average Bonchev–Trinajstić information content (AvgIpc) is 2.73. The van der Waals surface area contributed by atoms with Crippen molar-refractivity contribution >= 4 is 11.8 Å². The molecule has 31 heavy (non-hydrogen) atoms. The smallest absolute Gasteiger partial charge is 0.234 e.